The first kappa shape index (κ1) is 7.85. The minimum Gasteiger partial charge on any atom is -0.331 e. The molecule has 1 fully saturated rings. The molecule has 1 atom stereocenters. The van der Waals surface area contributed by atoms with E-state index in [0.717, 1.165) is 13.0 Å². The van der Waals surface area contributed by atoms with Crippen molar-refractivity contribution in [1.29, 1.82) is 0 Å². The minimum atomic E-state index is 0.181. The smallest absolute Gasteiger partial charge is 0.223 e. The number of hydrogen-bond donors (Lipinski definition) is 0. The van der Waals surface area contributed by atoms with Crippen LogP contribution in [0.1, 0.15) is 24.6 Å². The number of carbonyl (C=O) groups excluding carboxylic acids is 1. The number of hydrogen-bond acceptors (Lipinski definition) is 1. The van der Waals surface area contributed by atoms with Crippen molar-refractivity contribution in [3.63, 3.8) is 0 Å². The van der Waals surface area contributed by atoms with E-state index in [0.29, 0.717) is 6.42 Å². The molecule has 0 spiro atoms. The molecule has 3 heterocycles. The summed E-state index contributed by atoms with van der Waals surface area (Å²) < 4.78 is 2.08. The summed E-state index contributed by atoms with van der Waals surface area (Å²) in [5, 5.41) is 0. The molecular formula is C11H12N2O. The van der Waals surface area contributed by atoms with Gasteiger partial charge in [-0.2, -0.15) is 0 Å². The van der Waals surface area contributed by atoms with Gasteiger partial charge in [-0.3, -0.25) is 4.79 Å². The predicted molar refractivity (Wildman–Crippen MR) is 53.5 cm³/mol. The number of fused-ring (bicyclic) bond motifs is 1. The molecular weight excluding hydrogens is 176 g/mol. The molecule has 0 aromatic carbocycles. The summed E-state index contributed by atoms with van der Waals surface area (Å²) in [7, 11) is 0. The zero-order chi connectivity index (χ0) is 9.54. The van der Waals surface area contributed by atoms with Crippen LogP contribution in [-0.2, 0) is 4.79 Å². The third-order valence-electron chi connectivity index (χ3n) is 2.99. The first-order valence-corrected chi connectivity index (χ1v) is 5.01. The average Bonchev–Trinajstić information content (AvgIpc) is 2.78. The molecule has 2 aliphatic rings. The molecule has 14 heavy (non-hydrogen) atoms. The van der Waals surface area contributed by atoms with Crippen molar-refractivity contribution in [2.45, 2.75) is 18.9 Å². The SMILES string of the molecule is O=C1CCCN1C1C=Cn2cccc21. The van der Waals surface area contributed by atoms with Gasteiger partial charge in [-0.1, -0.05) is 0 Å². The maximum Gasteiger partial charge on any atom is 0.223 e. The van der Waals surface area contributed by atoms with E-state index in [4.69, 9.17) is 0 Å². The van der Waals surface area contributed by atoms with Gasteiger partial charge in [0.1, 0.15) is 0 Å². The monoisotopic (exact) mass is 188 g/mol. The second-order valence-electron chi connectivity index (χ2n) is 3.82. The highest BCUT2D eigenvalue weighted by atomic mass is 16.2. The molecule has 0 bridgehead atoms. The summed E-state index contributed by atoms with van der Waals surface area (Å²) in [5.74, 6) is 0.286. The van der Waals surface area contributed by atoms with Crippen LogP contribution in [0.5, 0.6) is 0 Å². The van der Waals surface area contributed by atoms with E-state index in [1.165, 1.54) is 5.69 Å². The Kier molecular flexibility index (Phi) is 1.54. The fourth-order valence-electron chi connectivity index (χ4n) is 2.29. The fraction of sp³-hybridized carbons (Fsp3) is 0.364. The Labute approximate surface area is 82.6 Å². The third kappa shape index (κ3) is 0.953. The highest BCUT2D eigenvalue weighted by Crippen LogP contribution is 2.31. The number of aromatic nitrogens is 1. The van der Waals surface area contributed by atoms with Crippen LogP contribution in [-0.4, -0.2) is 21.9 Å². The second kappa shape index (κ2) is 2.74. The molecule has 1 unspecified atom stereocenters. The van der Waals surface area contributed by atoms with Gasteiger partial charge in [0.15, 0.2) is 0 Å². The lowest BCUT2D eigenvalue weighted by molar-refractivity contribution is -0.129. The molecule has 3 nitrogen and oxygen atoms in total. The Morgan fingerprint density at radius 3 is 3.14 bits per heavy atom. The first-order chi connectivity index (χ1) is 6.86. The largest absolute Gasteiger partial charge is 0.331 e. The second-order valence-corrected chi connectivity index (χ2v) is 3.82. The number of rotatable bonds is 1. The van der Waals surface area contributed by atoms with Crippen molar-refractivity contribution >= 4 is 12.1 Å². The van der Waals surface area contributed by atoms with Crippen LogP contribution in [0.4, 0.5) is 0 Å². The van der Waals surface area contributed by atoms with Crippen LogP contribution < -0.4 is 0 Å². The molecule has 0 aliphatic carbocycles. The third-order valence-corrected chi connectivity index (χ3v) is 2.99. The Balaban J connectivity index is 1.95. The summed E-state index contributed by atoms with van der Waals surface area (Å²) in [6, 6.07) is 4.28. The topological polar surface area (TPSA) is 25.2 Å². The van der Waals surface area contributed by atoms with Crippen molar-refractivity contribution in [2.24, 2.45) is 0 Å². The number of nitrogens with zero attached hydrogens (tertiary/aromatic N) is 2. The molecule has 2 aliphatic heterocycles. The van der Waals surface area contributed by atoms with E-state index in [9.17, 15) is 4.79 Å². The maximum atomic E-state index is 11.6. The molecule has 1 aromatic heterocycles. The maximum absolute atomic E-state index is 11.6. The van der Waals surface area contributed by atoms with Crippen molar-refractivity contribution in [2.75, 3.05) is 6.54 Å². The zero-order valence-electron chi connectivity index (χ0n) is 7.89. The quantitative estimate of drug-likeness (QED) is 0.657. The van der Waals surface area contributed by atoms with Crippen LogP contribution in [0.25, 0.3) is 6.20 Å². The summed E-state index contributed by atoms with van der Waals surface area (Å²) >= 11 is 0. The van der Waals surface area contributed by atoms with E-state index in [1.807, 2.05) is 23.4 Å². The van der Waals surface area contributed by atoms with Gasteiger partial charge in [0.2, 0.25) is 5.91 Å². The standard InChI is InChI=1S/C11H12N2O/c14-11-4-2-7-13(11)10-5-8-12-6-1-3-9(10)12/h1,3,5-6,8,10H,2,4,7H2. The highest BCUT2D eigenvalue weighted by molar-refractivity contribution is 5.79. The molecule has 0 radical (unpaired) electrons. The van der Waals surface area contributed by atoms with Gasteiger partial charge in [-0.05, 0) is 24.6 Å². The van der Waals surface area contributed by atoms with Crippen molar-refractivity contribution in [3.05, 3.63) is 30.1 Å². The van der Waals surface area contributed by atoms with E-state index < -0.39 is 0 Å². The molecule has 0 N–H and O–H groups in total. The molecule has 3 rings (SSSR count). The van der Waals surface area contributed by atoms with E-state index in [1.54, 1.807) is 0 Å². The van der Waals surface area contributed by atoms with Gasteiger partial charge < -0.3 is 9.47 Å². The average molecular weight is 188 g/mol. The Hall–Kier alpha value is -1.51. The lowest BCUT2D eigenvalue weighted by Crippen LogP contribution is -2.27. The number of carbonyl (C=O) groups is 1. The Morgan fingerprint density at radius 1 is 1.43 bits per heavy atom. The summed E-state index contributed by atoms with van der Waals surface area (Å²) in [6.07, 6.45) is 7.87. The number of likely N-dealkylation sites (tertiary alicyclic amines) is 1. The van der Waals surface area contributed by atoms with Crippen molar-refractivity contribution in [1.82, 2.24) is 9.47 Å². The van der Waals surface area contributed by atoms with E-state index in [-0.39, 0.29) is 11.9 Å². The van der Waals surface area contributed by atoms with Gasteiger partial charge >= 0.3 is 0 Å². The lowest BCUT2D eigenvalue weighted by atomic mass is 10.2. The summed E-state index contributed by atoms with van der Waals surface area (Å²) in [6.45, 7) is 0.902. The minimum absolute atomic E-state index is 0.181. The van der Waals surface area contributed by atoms with Crippen LogP contribution in [0.3, 0.4) is 0 Å². The van der Waals surface area contributed by atoms with E-state index >= 15 is 0 Å². The van der Waals surface area contributed by atoms with Gasteiger partial charge in [-0.25, -0.2) is 0 Å². The van der Waals surface area contributed by atoms with E-state index in [2.05, 4.69) is 16.7 Å². The van der Waals surface area contributed by atoms with Crippen LogP contribution in [0.2, 0.25) is 0 Å². The Morgan fingerprint density at radius 2 is 2.36 bits per heavy atom. The van der Waals surface area contributed by atoms with Gasteiger partial charge in [0.25, 0.3) is 0 Å². The van der Waals surface area contributed by atoms with Crippen LogP contribution in [0.15, 0.2) is 24.4 Å². The normalized spacial score (nSPS) is 24.7. The molecule has 3 heteroatoms. The van der Waals surface area contributed by atoms with Gasteiger partial charge in [0.05, 0.1) is 6.04 Å². The predicted octanol–water partition coefficient (Wildman–Crippen LogP) is 1.64. The van der Waals surface area contributed by atoms with Gasteiger partial charge in [0, 0.05) is 31.1 Å². The molecule has 72 valence electrons. The molecule has 1 aromatic rings. The first-order valence-electron chi connectivity index (χ1n) is 5.01. The number of amides is 1. The van der Waals surface area contributed by atoms with Crippen molar-refractivity contribution in [3.8, 4) is 0 Å². The van der Waals surface area contributed by atoms with Crippen LogP contribution in [0, 0.1) is 0 Å². The fourth-order valence-corrected chi connectivity index (χ4v) is 2.29. The lowest BCUT2D eigenvalue weighted by Gasteiger charge is -2.22. The highest BCUT2D eigenvalue weighted by Gasteiger charge is 2.30. The Bertz CT molecular complexity index is 405. The zero-order valence-corrected chi connectivity index (χ0v) is 7.89. The molecule has 1 amide bonds. The van der Waals surface area contributed by atoms with Gasteiger partial charge in [-0.15, -0.1) is 0 Å². The summed E-state index contributed by atoms with van der Waals surface area (Å²) in [5.41, 5.74) is 1.21. The molecule has 1 saturated heterocycles. The summed E-state index contributed by atoms with van der Waals surface area (Å²) in [4.78, 5) is 13.5. The van der Waals surface area contributed by atoms with Crippen LogP contribution >= 0.6 is 0 Å². The molecule has 0 saturated carbocycles. The van der Waals surface area contributed by atoms with Crippen molar-refractivity contribution < 1.29 is 4.79 Å².